The van der Waals surface area contributed by atoms with Crippen molar-refractivity contribution < 1.29 is 9.53 Å². The molecule has 16 heavy (non-hydrogen) atoms. The van der Waals surface area contributed by atoms with Gasteiger partial charge in [0, 0.05) is 32.0 Å². The van der Waals surface area contributed by atoms with Crippen LogP contribution in [0.5, 0.6) is 0 Å². The second-order valence-electron chi connectivity index (χ2n) is 3.72. The van der Waals surface area contributed by atoms with Crippen molar-refractivity contribution in [3.63, 3.8) is 0 Å². The predicted octanol–water partition coefficient (Wildman–Crippen LogP) is -0.232. The molecule has 1 unspecified atom stereocenters. The Morgan fingerprint density at radius 3 is 3.19 bits per heavy atom. The Balaban J connectivity index is 2.02. The molecule has 2 heterocycles. The number of carbonyl (C=O) groups excluding carboxylic acids is 1. The lowest BCUT2D eigenvalue weighted by Crippen LogP contribution is -2.50. The number of hydrogen-bond donors (Lipinski definition) is 1. The SMILES string of the molecule is NCC1OCCN(Cc2cccnc2)C1=O. The normalized spacial score (nSPS) is 21.2. The fraction of sp³-hybridized carbons (Fsp3) is 0.455. The van der Waals surface area contributed by atoms with Gasteiger partial charge in [-0.3, -0.25) is 9.78 Å². The van der Waals surface area contributed by atoms with E-state index in [9.17, 15) is 4.79 Å². The fourth-order valence-electron chi connectivity index (χ4n) is 1.73. The molecular formula is C11H15N3O2. The van der Waals surface area contributed by atoms with E-state index in [2.05, 4.69) is 4.98 Å². The molecule has 1 aromatic heterocycles. The Bertz CT molecular complexity index is 356. The first kappa shape index (κ1) is 11.0. The molecule has 86 valence electrons. The van der Waals surface area contributed by atoms with Crippen molar-refractivity contribution in [3.05, 3.63) is 30.1 Å². The minimum atomic E-state index is -0.481. The smallest absolute Gasteiger partial charge is 0.253 e. The number of amides is 1. The van der Waals surface area contributed by atoms with Gasteiger partial charge in [0.05, 0.1) is 6.61 Å². The number of carbonyl (C=O) groups is 1. The molecule has 1 amide bonds. The molecule has 5 nitrogen and oxygen atoms in total. The largest absolute Gasteiger partial charge is 0.365 e. The third-order valence-electron chi connectivity index (χ3n) is 2.58. The van der Waals surface area contributed by atoms with Crippen LogP contribution in [-0.2, 0) is 16.1 Å². The van der Waals surface area contributed by atoms with Gasteiger partial charge in [-0.25, -0.2) is 0 Å². The van der Waals surface area contributed by atoms with Gasteiger partial charge in [0.25, 0.3) is 5.91 Å². The summed E-state index contributed by atoms with van der Waals surface area (Å²) in [5.74, 6) is -0.0300. The summed E-state index contributed by atoms with van der Waals surface area (Å²) in [7, 11) is 0. The van der Waals surface area contributed by atoms with E-state index in [1.54, 1.807) is 17.3 Å². The minimum absolute atomic E-state index is 0.0300. The molecule has 2 N–H and O–H groups in total. The van der Waals surface area contributed by atoms with E-state index in [0.29, 0.717) is 19.7 Å². The van der Waals surface area contributed by atoms with Gasteiger partial charge in [-0.2, -0.15) is 0 Å². The summed E-state index contributed by atoms with van der Waals surface area (Å²) < 4.78 is 5.28. The molecule has 1 fully saturated rings. The van der Waals surface area contributed by atoms with Crippen LogP contribution in [-0.4, -0.2) is 41.6 Å². The minimum Gasteiger partial charge on any atom is -0.365 e. The van der Waals surface area contributed by atoms with Crippen LogP contribution in [0.4, 0.5) is 0 Å². The second kappa shape index (κ2) is 5.05. The molecule has 0 aromatic carbocycles. The Labute approximate surface area is 94.2 Å². The first-order chi connectivity index (χ1) is 7.81. The van der Waals surface area contributed by atoms with Crippen LogP contribution in [0.25, 0.3) is 0 Å². The molecule has 1 aromatic rings. The van der Waals surface area contributed by atoms with Crippen LogP contribution < -0.4 is 5.73 Å². The van der Waals surface area contributed by atoms with Gasteiger partial charge >= 0.3 is 0 Å². The zero-order chi connectivity index (χ0) is 11.4. The van der Waals surface area contributed by atoms with Gasteiger partial charge in [-0.15, -0.1) is 0 Å². The molecule has 0 spiro atoms. The average molecular weight is 221 g/mol. The van der Waals surface area contributed by atoms with Gasteiger partial charge in [-0.05, 0) is 11.6 Å². The van der Waals surface area contributed by atoms with Gasteiger partial charge in [0.1, 0.15) is 6.10 Å². The Hall–Kier alpha value is -1.46. The number of ether oxygens (including phenoxy) is 1. The molecule has 0 bridgehead atoms. The van der Waals surface area contributed by atoms with E-state index < -0.39 is 6.10 Å². The number of rotatable bonds is 3. The predicted molar refractivity (Wildman–Crippen MR) is 58.4 cm³/mol. The topological polar surface area (TPSA) is 68.5 Å². The molecule has 1 aliphatic rings. The number of pyridine rings is 1. The van der Waals surface area contributed by atoms with Crippen LogP contribution in [0.1, 0.15) is 5.56 Å². The van der Waals surface area contributed by atoms with E-state index >= 15 is 0 Å². The highest BCUT2D eigenvalue weighted by molar-refractivity contribution is 5.81. The lowest BCUT2D eigenvalue weighted by atomic mass is 10.2. The zero-order valence-corrected chi connectivity index (χ0v) is 9.00. The van der Waals surface area contributed by atoms with Gasteiger partial charge < -0.3 is 15.4 Å². The molecule has 2 rings (SSSR count). The highest BCUT2D eigenvalue weighted by atomic mass is 16.5. The van der Waals surface area contributed by atoms with E-state index in [4.69, 9.17) is 10.5 Å². The molecule has 1 aliphatic heterocycles. The van der Waals surface area contributed by atoms with Crippen molar-refractivity contribution in [2.75, 3.05) is 19.7 Å². The standard InChI is InChI=1S/C11H15N3O2/c12-6-10-11(15)14(4-5-16-10)8-9-2-1-3-13-7-9/h1-3,7,10H,4-6,8,12H2. The first-order valence-corrected chi connectivity index (χ1v) is 5.30. The molecule has 0 radical (unpaired) electrons. The van der Waals surface area contributed by atoms with Crippen LogP contribution in [0.2, 0.25) is 0 Å². The molecule has 0 saturated carbocycles. The fourth-order valence-corrected chi connectivity index (χ4v) is 1.73. The first-order valence-electron chi connectivity index (χ1n) is 5.30. The average Bonchev–Trinajstić information content (AvgIpc) is 2.33. The summed E-state index contributed by atoms with van der Waals surface area (Å²) in [6.45, 7) is 1.98. The van der Waals surface area contributed by atoms with Gasteiger partial charge in [0.2, 0.25) is 0 Å². The highest BCUT2D eigenvalue weighted by Gasteiger charge is 2.28. The number of nitrogens with two attached hydrogens (primary N) is 1. The summed E-state index contributed by atoms with van der Waals surface area (Å²) >= 11 is 0. The van der Waals surface area contributed by atoms with Crippen LogP contribution in [0.15, 0.2) is 24.5 Å². The number of hydrogen-bond acceptors (Lipinski definition) is 4. The third kappa shape index (κ3) is 2.37. The monoisotopic (exact) mass is 221 g/mol. The molecule has 1 atom stereocenters. The Kier molecular flexibility index (Phi) is 3.48. The van der Waals surface area contributed by atoms with Crippen molar-refractivity contribution >= 4 is 5.91 Å². The maximum Gasteiger partial charge on any atom is 0.253 e. The number of aromatic nitrogens is 1. The zero-order valence-electron chi connectivity index (χ0n) is 9.00. The van der Waals surface area contributed by atoms with E-state index in [0.717, 1.165) is 5.56 Å². The van der Waals surface area contributed by atoms with Crippen molar-refractivity contribution in [3.8, 4) is 0 Å². The Morgan fingerprint density at radius 2 is 2.50 bits per heavy atom. The van der Waals surface area contributed by atoms with Crippen LogP contribution in [0, 0.1) is 0 Å². The van der Waals surface area contributed by atoms with Gasteiger partial charge in [-0.1, -0.05) is 6.07 Å². The van der Waals surface area contributed by atoms with Gasteiger partial charge in [0.15, 0.2) is 0 Å². The third-order valence-corrected chi connectivity index (χ3v) is 2.58. The van der Waals surface area contributed by atoms with Crippen LogP contribution >= 0.6 is 0 Å². The number of nitrogens with zero attached hydrogens (tertiary/aromatic N) is 2. The van der Waals surface area contributed by atoms with Crippen molar-refractivity contribution in [2.45, 2.75) is 12.6 Å². The highest BCUT2D eigenvalue weighted by Crippen LogP contribution is 2.10. The quantitative estimate of drug-likeness (QED) is 0.765. The maximum atomic E-state index is 11.9. The maximum absolute atomic E-state index is 11.9. The van der Waals surface area contributed by atoms with Crippen molar-refractivity contribution in [1.82, 2.24) is 9.88 Å². The summed E-state index contributed by atoms with van der Waals surface area (Å²) in [5.41, 5.74) is 6.49. The molecular weight excluding hydrogens is 206 g/mol. The summed E-state index contributed by atoms with van der Waals surface area (Å²) in [4.78, 5) is 17.6. The molecule has 1 saturated heterocycles. The van der Waals surface area contributed by atoms with E-state index in [1.807, 2.05) is 12.1 Å². The van der Waals surface area contributed by atoms with E-state index in [1.165, 1.54) is 0 Å². The summed E-state index contributed by atoms with van der Waals surface area (Å²) in [5, 5.41) is 0. The van der Waals surface area contributed by atoms with Crippen molar-refractivity contribution in [1.29, 1.82) is 0 Å². The number of morpholine rings is 1. The second-order valence-corrected chi connectivity index (χ2v) is 3.72. The van der Waals surface area contributed by atoms with E-state index in [-0.39, 0.29) is 12.5 Å². The lowest BCUT2D eigenvalue weighted by molar-refractivity contribution is -0.152. The molecule has 0 aliphatic carbocycles. The molecule has 5 heteroatoms. The Morgan fingerprint density at radius 1 is 1.62 bits per heavy atom. The summed E-state index contributed by atoms with van der Waals surface area (Å²) in [6.07, 6.45) is 3.00. The summed E-state index contributed by atoms with van der Waals surface area (Å²) in [6, 6.07) is 3.81. The van der Waals surface area contributed by atoms with Crippen molar-refractivity contribution in [2.24, 2.45) is 5.73 Å². The lowest BCUT2D eigenvalue weighted by Gasteiger charge is -2.31. The van der Waals surface area contributed by atoms with Crippen LogP contribution in [0.3, 0.4) is 0 Å².